The van der Waals surface area contributed by atoms with Gasteiger partial charge in [0.2, 0.25) is 0 Å². The van der Waals surface area contributed by atoms with E-state index in [0.29, 0.717) is 6.61 Å². The lowest BCUT2D eigenvalue weighted by Gasteiger charge is -2.13. The molecule has 0 saturated heterocycles. The van der Waals surface area contributed by atoms with Crippen LogP contribution in [0.15, 0.2) is 42.5 Å². The molecule has 0 aliphatic rings. The molecule has 0 radical (unpaired) electrons. The van der Waals surface area contributed by atoms with E-state index < -0.39 is 0 Å². The molecule has 0 bridgehead atoms. The number of anilines is 1. The van der Waals surface area contributed by atoms with Crippen molar-refractivity contribution in [2.75, 3.05) is 18.5 Å². The quantitative estimate of drug-likeness (QED) is 0.759. The number of hydrogen-bond acceptors (Lipinski definition) is 3. The molecule has 0 heterocycles. The van der Waals surface area contributed by atoms with Crippen molar-refractivity contribution in [1.82, 2.24) is 0 Å². The smallest absolute Gasteiger partial charge is 0.125 e. The summed E-state index contributed by atoms with van der Waals surface area (Å²) in [6.45, 7) is 9.59. The minimum Gasteiger partial charge on any atom is -0.491 e. The molecule has 0 aliphatic heterocycles. The summed E-state index contributed by atoms with van der Waals surface area (Å²) in [5.74, 6) is 1.89. The summed E-state index contributed by atoms with van der Waals surface area (Å²) < 4.78 is 11.5. The molecule has 2 rings (SSSR count). The highest BCUT2D eigenvalue weighted by molar-refractivity contribution is 5.46. The minimum atomic E-state index is 0.199. The minimum absolute atomic E-state index is 0.199. The van der Waals surface area contributed by atoms with Crippen LogP contribution in [0.2, 0.25) is 0 Å². The van der Waals surface area contributed by atoms with Gasteiger partial charge in [0.15, 0.2) is 0 Å². The van der Waals surface area contributed by atoms with E-state index in [2.05, 4.69) is 37.4 Å². The summed E-state index contributed by atoms with van der Waals surface area (Å²) in [7, 11) is 0. The van der Waals surface area contributed by atoms with E-state index in [4.69, 9.17) is 9.47 Å². The predicted octanol–water partition coefficient (Wildman–Crippen LogP) is 4.58. The summed E-state index contributed by atoms with van der Waals surface area (Å²) in [5.41, 5.74) is 3.42. The van der Waals surface area contributed by atoms with Crippen LogP contribution in [-0.2, 0) is 0 Å². The van der Waals surface area contributed by atoms with Gasteiger partial charge in [0.1, 0.15) is 18.1 Å². The zero-order chi connectivity index (χ0) is 15.9. The Bertz CT molecular complexity index is 571. The van der Waals surface area contributed by atoms with E-state index >= 15 is 0 Å². The first kappa shape index (κ1) is 16.2. The maximum Gasteiger partial charge on any atom is 0.125 e. The molecule has 0 unspecified atom stereocenters. The van der Waals surface area contributed by atoms with Crippen LogP contribution < -0.4 is 14.8 Å². The van der Waals surface area contributed by atoms with Gasteiger partial charge >= 0.3 is 0 Å². The fraction of sp³-hybridized carbons (Fsp3) is 0.368. The highest BCUT2D eigenvalue weighted by atomic mass is 16.5. The van der Waals surface area contributed by atoms with E-state index in [1.807, 2.05) is 38.1 Å². The Labute approximate surface area is 133 Å². The Morgan fingerprint density at radius 1 is 0.955 bits per heavy atom. The van der Waals surface area contributed by atoms with Crippen molar-refractivity contribution in [3.8, 4) is 11.5 Å². The van der Waals surface area contributed by atoms with Gasteiger partial charge in [-0.05, 0) is 63.1 Å². The third-order valence-electron chi connectivity index (χ3n) is 3.31. The van der Waals surface area contributed by atoms with Crippen LogP contribution in [0.25, 0.3) is 0 Å². The van der Waals surface area contributed by atoms with E-state index in [1.165, 1.54) is 11.1 Å². The maximum atomic E-state index is 5.88. The lowest BCUT2D eigenvalue weighted by molar-refractivity contribution is 0.242. The fourth-order valence-corrected chi connectivity index (χ4v) is 2.30. The van der Waals surface area contributed by atoms with Gasteiger partial charge in [0, 0.05) is 12.2 Å². The molecule has 3 nitrogen and oxygen atoms in total. The molecule has 0 aliphatic carbocycles. The second kappa shape index (κ2) is 7.74. The van der Waals surface area contributed by atoms with Crippen molar-refractivity contribution in [3.05, 3.63) is 53.6 Å². The van der Waals surface area contributed by atoms with Gasteiger partial charge in [-0.3, -0.25) is 0 Å². The van der Waals surface area contributed by atoms with Crippen molar-refractivity contribution >= 4 is 5.69 Å². The van der Waals surface area contributed by atoms with Crippen LogP contribution in [0.3, 0.4) is 0 Å². The number of benzene rings is 2. The van der Waals surface area contributed by atoms with Crippen molar-refractivity contribution in [2.45, 2.75) is 33.8 Å². The fourth-order valence-electron chi connectivity index (χ4n) is 2.30. The average Bonchev–Trinajstić information content (AvgIpc) is 2.47. The summed E-state index contributed by atoms with van der Waals surface area (Å²) in [4.78, 5) is 0. The molecular formula is C19H25NO2. The Hall–Kier alpha value is -2.16. The Balaban J connectivity index is 1.79. The second-order valence-electron chi connectivity index (χ2n) is 5.69. The van der Waals surface area contributed by atoms with Crippen LogP contribution in [0.1, 0.15) is 25.0 Å². The zero-order valence-corrected chi connectivity index (χ0v) is 13.8. The Kier molecular flexibility index (Phi) is 5.70. The number of hydrogen-bond donors (Lipinski definition) is 1. The normalized spacial score (nSPS) is 10.6. The van der Waals surface area contributed by atoms with Gasteiger partial charge < -0.3 is 14.8 Å². The van der Waals surface area contributed by atoms with Crippen LogP contribution in [0, 0.1) is 13.8 Å². The molecule has 0 atom stereocenters. The van der Waals surface area contributed by atoms with Gasteiger partial charge in [0.05, 0.1) is 6.10 Å². The van der Waals surface area contributed by atoms with Crippen LogP contribution in [-0.4, -0.2) is 19.3 Å². The van der Waals surface area contributed by atoms with Gasteiger partial charge in [0.25, 0.3) is 0 Å². The molecule has 118 valence electrons. The molecule has 22 heavy (non-hydrogen) atoms. The van der Waals surface area contributed by atoms with E-state index in [-0.39, 0.29) is 6.10 Å². The van der Waals surface area contributed by atoms with E-state index in [0.717, 1.165) is 23.7 Å². The van der Waals surface area contributed by atoms with Gasteiger partial charge in [-0.1, -0.05) is 18.2 Å². The van der Waals surface area contributed by atoms with Gasteiger partial charge in [-0.15, -0.1) is 0 Å². The second-order valence-corrected chi connectivity index (χ2v) is 5.69. The highest BCUT2D eigenvalue weighted by Gasteiger charge is 2.02. The first-order valence-electron chi connectivity index (χ1n) is 7.76. The molecule has 3 heteroatoms. The molecular weight excluding hydrogens is 274 g/mol. The van der Waals surface area contributed by atoms with Crippen LogP contribution >= 0.6 is 0 Å². The molecule has 0 fully saturated rings. The maximum absolute atomic E-state index is 5.88. The summed E-state index contributed by atoms with van der Waals surface area (Å²) in [6, 6.07) is 14.2. The number of aryl methyl sites for hydroxylation is 2. The standard InChI is InChI=1S/C19H25NO2/c1-14(2)22-18-10-8-17(9-11-18)20-12-13-21-19-15(3)6-5-7-16(19)4/h5-11,14,20H,12-13H2,1-4H3. The molecule has 2 aromatic rings. The number of rotatable bonds is 7. The highest BCUT2D eigenvalue weighted by Crippen LogP contribution is 2.22. The van der Waals surface area contributed by atoms with Gasteiger partial charge in [-0.25, -0.2) is 0 Å². The van der Waals surface area contributed by atoms with Crippen LogP contribution in [0.5, 0.6) is 11.5 Å². The molecule has 2 aromatic carbocycles. The summed E-state index contributed by atoms with van der Waals surface area (Å²) in [5, 5.41) is 3.35. The Morgan fingerprint density at radius 3 is 2.18 bits per heavy atom. The molecule has 1 N–H and O–H groups in total. The first-order chi connectivity index (χ1) is 10.6. The summed E-state index contributed by atoms with van der Waals surface area (Å²) >= 11 is 0. The lowest BCUT2D eigenvalue weighted by Crippen LogP contribution is -2.12. The lowest BCUT2D eigenvalue weighted by atomic mass is 10.1. The van der Waals surface area contributed by atoms with Gasteiger partial charge in [-0.2, -0.15) is 0 Å². The van der Waals surface area contributed by atoms with Crippen LogP contribution in [0.4, 0.5) is 5.69 Å². The molecule has 0 amide bonds. The number of para-hydroxylation sites is 1. The van der Waals surface area contributed by atoms with E-state index in [9.17, 15) is 0 Å². The van der Waals surface area contributed by atoms with Crippen molar-refractivity contribution in [3.63, 3.8) is 0 Å². The van der Waals surface area contributed by atoms with E-state index in [1.54, 1.807) is 0 Å². The topological polar surface area (TPSA) is 30.5 Å². The zero-order valence-electron chi connectivity index (χ0n) is 13.8. The van der Waals surface area contributed by atoms with Crippen molar-refractivity contribution in [2.24, 2.45) is 0 Å². The number of nitrogens with one attached hydrogen (secondary N) is 1. The van der Waals surface area contributed by atoms with Crippen molar-refractivity contribution in [1.29, 1.82) is 0 Å². The summed E-state index contributed by atoms with van der Waals surface area (Å²) in [6.07, 6.45) is 0.199. The monoisotopic (exact) mass is 299 g/mol. The Morgan fingerprint density at radius 2 is 1.59 bits per heavy atom. The molecule has 0 spiro atoms. The van der Waals surface area contributed by atoms with Crippen molar-refractivity contribution < 1.29 is 9.47 Å². The molecule has 0 saturated carbocycles. The SMILES string of the molecule is Cc1cccc(C)c1OCCNc1ccc(OC(C)C)cc1. The number of ether oxygens (including phenoxy) is 2. The third kappa shape index (κ3) is 4.69. The first-order valence-corrected chi connectivity index (χ1v) is 7.76. The predicted molar refractivity (Wildman–Crippen MR) is 92.1 cm³/mol. The third-order valence-corrected chi connectivity index (χ3v) is 3.31. The average molecular weight is 299 g/mol. The molecule has 0 aromatic heterocycles. The largest absolute Gasteiger partial charge is 0.491 e.